The van der Waals surface area contributed by atoms with Gasteiger partial charge in [-0.3, -0.25) is 4.79 Å². The molecule has 25 heavy (non-hydrogen) atoms. The molecule has 1 saturated heterocycles. The van der Waals surface area contributed by atoms with Gasteiger partial charge in [0.1, 0.15) is 0 Å². The Hall–Kier alpha value is -2.70. The molecule has 0 bridgehead atoms. The summed E-state index contributed by atoms with van der Waals surface area (Å²) in [5, 5.41) is 2.67. The second-order valence-electron chi connectivity index (χ2n) is 5.89. The highest BCUT2D eigenvalue weighted by Crippen LogP contribution is 2.36. The summed E-state index contributed by atoms with van der Waals surface area (Å²) in [6.07, 6.45) is 0.233. The third-order valence-electron chi connectivity index (χ3n) is 4.27. The SMILES string of the molecule is O=C1CC(c2ccccc2)N1OS(=O)(=O)c1ccc2ccccc2c1. The van der Waals surface area contributed by atoms with E-state index in [1.807, 2.05) is 54.6 Å². The third kappa shape index (κ3) is 2.90. The zero-order chi connectivity index (χ0) is 17.4. The van der Waals surface area contributed by atoms with Gasteiger partial charge >= 0.3 is 10.1 Å². The van der Waals surface area contributed by atoms with Crippen molar-refractivity contribution in [3.05, 3.63) is 78.4 Å². The summed E-state index contributed by atoms with van der Waals surface area (Å²) in [6, 6.07) is 21.1. The molecule has 1 amide bonds. The van der Waals surface area contributed by atoms with Crippen LogP contribution in [0.5, 0.6) is 0 Å². The minimum Gasteiger partial charge on any atom is -0.272 e. The van der Waals surface area contributed by atoms with Crippen LogP contribution in [-0.4, -0.2) is 19.4 Å². The van der Waals surface area contributed by atoms with Crippen LogP contribution >= 0.6 is 0 Å². The molecule has 1 aliphatic rings. The summed E-state index contributed by atoms with van der Waals surface area (Å²) in [5.41, 5.74) is 0.843. The minimum atomic E-state index is -4.08. The molecule has 1 atom stereocenters. The summed E-state index contributed by atoms with van der Waals surface area (Å²) in [4.78, 5) is 11.9. The predicted octanol–water partition coefficient (Wildman–Crippen LogP) is 3.43. The van der Waals surface area contributed by atoms with Crippen molar-refractivity contribution in [1.29, 1.82) is 0 Å². The Morgan fingerprint density at radius 3 is 2.28 bits per heavy atom. The van der Waals surface area contributed by atoms with Gasteiger partial charge in [-0.25, -0.2) is 0 Å². The van der Waals surface area contributed by atoms with Crippen molar-refractivity contribution in [2.24, 2.45) is 0 Å². The molecule has 3 aromatic rings. The molecule has 6 heteroatoms. The van der Waals surface area contributed by atoms with E-state index in [2.05, 4.69) is 0 Å². The van der Waals surface area contributed by atoms with Crippen LogP contribution in [0.25, 0.3) is 10.8 Å². The third-order valence-corrected chi connectivity index (χ3v) is 5.46. The first kappa shape index (κ1) is 15.8. The van der Waals surface area contributed by atoms with E-state index >= 15 is 0 Å². The first-order valence-electron chi connectivity index (χ1n) is 7.85. The topological polar surface area (TPSA) is 63.7 Å². The molecular weight excluding hydrogens is 338 g/mol. The molecule has 1 fully saturated rings. The first-order valence-corrected chi connectivity index (χ1v) is 9.26. The predicted molar refractivity (Wildman–Crippen MR) is 92.9 cm³/mol. The van der Waals surface area contributed by atoms with Crippen molar-refractivity contribution in [1.82, 2.24) is 5.06 Å². The summed E-state index contributed by atoms with van der Waals surface area (Å²) in [7, 11) is -4.08. The second-order valence-corrected chi connectivity index (χ2v) is 7.42. The molecular formula is C19H15NO4S. The van der Waals surface area contributed by atoms with Gasteiger partial charge in [-0.2, -0.15) is 13.5 Å². The monoisotopic (exact) mass is 353 g/mol. The Morgan fingerprint density at radius 2 is 1.56 bits per heavy atom. The highest BCUT2D eigenvalue weighted by Gasteiger charge is 2.41. The average Bonchev–Trinajstić information content (AvgIpc) is 2.64. The summed E-state index contributed by atoms with van der Waals surface area (Å²) in [6.45, 7) is 0. The van der Waals surface area contributed by atoms with Crippen LogP contribution in [0, 0.1) is 0 Å². The van der Waals surface area contributed by atoms with Gasteiger partial charge in [0.05, 0.1) is 17.4 Å². The van der Waals surface area contributed by atoms with Crippen molar-refractivity contribution >= 4 is 26.8 Å². The fourth-order valence-corrected chi connectivity index (χ4v) is 3.88. The summed E-state index contributed by atoms with van der Waals surface area (Å²) in [5.74, 6) is -0.349. The van der Waals surface area contributed by atoms with Crippen LogP contribution in [0.3, 0.4) is 0 Å². The van der Waals surface area contributed by atoms with Gasteiger partial charge in [0, 0.05) is 0 Å². The van der Waals surface area contributed by atoms with Gasteiger partial charge in [-0.05, 0) is 28.5 Å². The number of carbonyl (C=O) groups excluding carboxylic acids is 1. The fourth-order valence-electron chi connectivity index (χ4n) is 2.89. The highest BCUT2D eigenvalue weighted by molar-refractivity contribution is 7.86. The van der Waals surface area contributed by atoms with Crippen LogP contribution in [0.1, 0.15) is 18.0 Å². The lowest BCUT2D eigenvalue weighted by atomic mass is 9.97. The lowest BCUT2D eigenvalue weighted by Crippen LogP contribution is -2.47. The number of rotatable bonds is 4. The van der Waals surface area contributed by atoms with Gasteiger partial charge < -0.3 is 0 Å². The van der Waals surface area contributed by atoms with Crippen LogP contribution in [-0.2, 0) is 19.2 Å². The number of hydrogen-bond acceptors (Lipinski definition) is 4. The molecule has 0 saturated carbocycles. The van der Waals surface area contributed by atoms with Gasteiger partial charge in [0.25, 0.3) is 0 Å². The normalized spacial score (nSPS) is 17.5. The van der Waals surface area contributed by atoms with E-state index in [0.29, 0.717) is 0 Å². The second kappa shape index (κ2) is 5.98. The lowest BCUT2D eigenvalue weighted by Gasteiger charge is -2.37. The molecule has 0 aromatic heterocycles. The molecule has 5 nitrogen and oxygen atoms in total. The summed E-state index contributed by atoms with van der Waals surface area (Å²) < 4.78 is 30.3. The van der Waals surface area contributed by atoms with E-state index in [9.17, 15) is 13.2 Å². The van der Waals surface area contributed by atoms with Gasteiger partial charge in [-0.1, -0.05) is 60.7 Å². The molecule has 1 unspecified atom stereocenters. The molecule has 126 valence electrons. The van der Waals surface area contributed by atoms with Crippen LogP contribution < -0.4 is 0 Å². The maximum absolute atomic E-state index is 12.6. The Balaban J connectivity index is 1.62. The fraction of sp³-hybridized carbons (Fsp3) is 0.105. The zero-order valence-corrected chi connectivity index (χ0v) is 14.0. The molecule has 0 radical (unpaired) electrons. The maximum atomic E-state index is 12.6. The van der Waals surface area contributed by atoms with Gasteiger partial charge in [-0.15, -0.1) is 4.28 Å². The van der Waals surface area contributed by atoms with E-state index < -0.39 is 10.1 Å². The molecule has 4 rings (SSSR count). The minimum absolute atomic E-state index is 0.0257. The quantitative estimate of drug-likeness (QED) is 0.674. The van der Waals surface area contributed by atoms with E-state index in [1.165, 1.54) is 6.07 Å². The zero-order valence-electron chi connectivity index (χ0n) is 13.2. The van der Waals surface area contributed by atoms with Crippen molar-refractivity contribution in [3.8, 4) is 0 Å². The highest BCUT2D eigenvalue weighted by atomic mass is 32.2. The molecule has 0 aliphatic carbocycles. The molecule has 3 aromatic carbocycles. The van der Waals surface area contributed by atoms with Crippen LogP contribution in [0.4, 0.5) is 0 Å². The number of hydroxylamine groups is 2. The summed E-state index contributed by atoms with van der Waals surface area (Å²) >= 11 is 0. The largest absolute Gasteiger partial charge is 0.317 e. The Bertz CT molecular complexity index is 1050. The number of fused-ring (bicyclic) bond motifs is 1. The number of β-lactam (4-membered cyclic amide) rings is 1. The molecule has 0 N–H and O–H groups in total. The number of hydrogen-bond donors (Lipinski definition) is 0. The van der Waals surface area contributed by atoms with E-state index in [-0.39, 0.29) is 23.3 Å². The maximum Gasteiger partial charge on any atom is 0.317 e. The van der Waals surface area contributed by atoms with E-state index in [1.54, 1.807) is 12.1 Å². The lowest BCUT2D eigenvalue weighted by molar-refractivity contribution is -0.189. The average molecular weight is 353 g/mol. The van der Waals surface area contributed by atoms with Crippen LogP contribution in [0.2, 0.25) is 0 Å². The van der Waals surface area contributed by atoms with Gasteiger partial charge in [0.15, 0.2) is 0 Å². The Kier molecular flexibility index (Phi) is 3.78. The van der Waals surface area contributed by atoms with E-state index in [4.69, 9.17) is 4.28 Å². The van der Waals surface area contributed by atoms with Crippen LogP contribution in [0.15, 0.2) is 77.7 Å². The van der Waals surface area contributed by atoms with Crippen molar-refractivity contribution in [2.45, 2.75) is 17.4 Å². The molecule has 1 aliphatic heterocycles. The molecule has 1 heterocycles. The Labute approximate surface area is 145 Å². The number of amides is 1. The first-order chi connectivity index (χ1) is 12.0. The van der Waals surface area contributed by atoms with Crippen molar-refractivity contribution < 1.29 is 17.5 Å². The number of benzene rings is 3. The number of carbonyl (C=O) groups is 1. The molecule has 0 spiro atoms. The van der Waals surface area contributed by atoms with Gasteiger partial charge in [0.2, 0.25) is 5.91 Å². The van der Waals surface area contributed by atoms with E-state index in [0.717, 1.165) is 21.4 Å². The standard InChI is InChI=1S/C19H15NO4S/c21-19-13-18(15-7-2-1-3-8-15)20(19)24-25(22,23)17-11-10-14-6-4-5-9-16(14)12-17/h1-12,18H,13H2. The Morgan fingerprint density at radius 1 is 0.880 bits per heavy atom. The smallest absolute Gasteiger partial charge is 0.272 e. The van der Waals surface area contributed by atoms with Crippen molar-refractivity contribution in [3.63, 3.8) is 0 Å². The number of nitrogens with zero attached hydrogens (tertiary/aromatic N) is 1. The van der Waals surface area contributed by atoms with Crippen molar-refractivity contribution in [2.75, 3.05) is 0 Å².